The largest absolute Gasteiger partial charge is 0.382 e. The van der Waals surface area contributed by atoms with Crippen molar-refractivity contribution in [1.82, 2.24) is 4.98 Å². The number of nitriles is 1. The van der Waals surface area contributed by atoms with Gasteiger partial charge >= 0.3 is 8.60 Å². The van der Waals surface area contributed by atoms with Crippen LogP contribution in [0.4, 0.5) is 4.39 Å². The van der Waals surface area contributed by atoms with Crippen molar-refractivity contribution in [2.45, 2.75) is 141 Å². The minimum atomic E-state index is -2.24. The number of nitrogens with zero attached hydrogens (tertiary/aromatic N) is 2. The number of halogens is 1. The lowest BCUT2D eigenvalue weighted by molar-refractivity contribution is -0.0657. The van der Waals surface area contributed by atoms with E-state index in [9.17, 15) is 14.5 Å². The minimum Gasteiger partial charge on any atom is -0.382 e. The molecule has 2 heterocycles. The molecule has 2 aromatic rings. The first kappa shape index (κ1) is 45.4. The first-order valence-corrected chi connectivity index (χ1v) is 20.9. The molecule has 3 rings (SSSR count). The number of nitrogens with two attached hydrogens (primary N) is 1. The summed E-state index contributed by atoms with van der Waals surface area (Å²) in [4.78, 5) is 17.6. The zero-order valence-corrected chi connectivity index (χ0v) is 33.3. The lowest BCUT2D eigenvalue weighted by Crippen LogP contribution is -2.30. The number of aromatic amines is 1. The van der Waals surface area contributed by atoms with E-state index in [1.165, 1.54) is 89.2 Å². The summed E-state index contributed by atoms with van der Waals surface area (Å²) in [5.74, 6) is -0.288. The molecule has 1 aromatic carbocycles. The van der Waals surface area contributed by atoms with Crippen LogP contribution in [-0.4, -0.2) is 60.2 Å². The van der Waals surface area contributed by atoms with Crippen molar-refractivity contribution in [3.63, 3.8) is 0 Å². The Bertz CT molecular complexity index is 1450. The van der Waals surface area contributed by atoms with Crippen LogP contribution in [0.25, 0.3) is 0 Å². The van der Waals surface area contributed by atoms with Crippen molar-refractivity contribution in [2.75, 3.05) is 26.4 Å². The molecule has 300 valence electrons. The lowest BCUT2D eigenvalue weighted by atomic mass is 10.0. The Balaban J connectivity index is 1.34. The summed E-state index contributed by atoms with van der Waals surface area (Å²) in [7, 11) is -2.24. The number of amidine groups is 1. The molecular formula is C41H63FN5O6P. The van der Waals surface area contributed by atoms with E-state index in [2.05, 4.69) is 29.1 Å². The van der Waals surface area contributed by atoms with Gasteiger partial charge in [-0.1, -0.05) is 76.9 Å². The molecule has 5 N–H and O–H groups in total. The molecule has 4 atom stereocenters. The molecule has 0 bridgehead atoms. The van der Waals surface area contributed by atoms with Gasteiger partial charge in [-0.3, -0.25) is 5.41 Å². The van der Waals surface area contributed by atoms with Crippen LogP contribution >= 0.6 is 8.60 Å². The maximum atomic E-state index is 14.0. The first-order valence-electron chi connectivity index (χ1n) is 19.7. The number of aliphatic imine (C=N–C) groups is 1. The second kappa shape index (κ2) is 26.7. The average Bonchev–Trinajstić information content (AvgIpc) is 3.82. The van der Waals surface area contributed by atoms with Crippen LogP contribution in [0.15, 0.2) is 47.5 Å². The Hall–Kier alpha value is -3.01. The van der Waals surface area contributed by atoms with E-state index in [0.717, 1.165) is 31.3 Å². The third-order valence-corrected chi connectivity index (χ3v) is 10.1. The highest BCUT2D eigenvalue weighted by atomic mass is 31.2. The summed E-state index contributed by atoms with van der Waals surface area (Å²) in [5.41, 5.74) is 7.43. The number of benzene rings is 1. The van der Waals surface area contributed by atoms with Gasteiger partial charge in [-0.2, -0.15) is 5.26 Å². The quantitative estimate of drug-likeness (QED) is 0.0200. The van der Waals surface area contributed by atoms with Gasteiger partial charge in [-0.15, -0.1) is 0 Å². The molecule has 0 radical (unpaired) electrons. The van der Waals surface area contributed by atoms with E-state index in [1.54, 1.807) is 12.1 Å². The highest BCUT2D eigenvalue weighted by molar-refractivity contribution is 7.40. The van der Waals surface area contributed by atoms with Crippen molar-refractivity contribution in [3.8, 4) is 6.07 Å². The molecule has 54 heavy (non-hydrogen) atoms. The lowest BCUT2D eigenvalue weighted by Gasteiger charge is -2.26. The summed E-state index contributed by atoms with van der Waals surface area (Å²) >= 11 is 0. The Morgan fingerprint density at radius 2 is 1.78 bits per heavy atom. The SMILES string of the molecule is CCCCCCCC/C=C/CCCCCCCCOCC(COP(O)OC[C@]1(C)CCC(c2ccc(C(N)=NC=N)[nH]2)O1)OCc1cc(F)cc(C#N)c1. The Kier molecular flexibility index (Phi) is 22.5. The van der Waals surface area contributed by atoms with Crippen LogP contribution in [-0.2, 0) is 29.9 Å². The highest BCUT2D eigenvalue weighted by Gasteiger charge is 2.38. The van der Waals surface area contributed by atoms with E-state index in [4.69, 9.17) is 34.4 Å². The van der Waals surface area contributed by atoms with Crippen LogP contribution < -0.4 is 5.73 Å². The predicted molar refractivity (Wildman–Crippen MR) is 213 cm³/mol. The standard InChI is InChI=1S/C41H63FN5O6P/c1-3-4-5-6-7-8-9-10-11-12-13-14-15-16-17-18-23-49-29-36(50-28-34-24-33(27-43)25-35(42)26-34)30-51-54(48)52-31-41(2)22-21-39(53-41)37-19-20-38(47-37)40(45)46-32-44/h10-11,19-20,24-26,32,36,39,47-48H,3-9,12-18,21-23,28-31H2,1-2H3,(H3,44,45,46)/b11-10+/t36?,39?,41-,54?/m0/s1. The maximum absolute atomic E-state index is 14.0. The third-order valence-electron chi connectivity index (χ3n) is 9.42. The van der Waals surface area contributed by atoms with Crippen molar-refractivity contribution in [3.05, 3.63) is 70.8 Å². The number of H-pyrrole nitrogens is 1. The van der Waals surface area contributed by atoms with Crippen molar-refractivity contribution in [1.29, 1.82) is 10.7 Å². The van der Waals surface area contributed by atoms with Gasteiger partial charge in [0.25, 0.3) is 0 Å². The molecule has 1 saturated heterocycles. The fourth-order valence-corrected chi connectivity index (χ4v) is 7.06. The van der Waals surface area contributed by atoms with Crippen molar-refractivity contribution in [2.24, 2.45) is 10.7 Å². The second-order valence-corrected chi connectivity index (χ2v) is 15.3. The molecule has 1 aliphatic rings. The second-order valence-electron chi connectivity index (χ2n) is 14.3. The van der Waals surface area contributed by atoms with Gasteiger partial charge in [-0.05, 0) is 87.8 Å². The summed E-state index contributed by atoms with van der Waals surface area (Å²) in [6, 6.07) is 9.73. The zero-order chi connectivity index (χ0) is 38.9. The van der Waals surface area contributed by atoms with Crippen LogP contribution in [0.3, 0.4) is 0 Å². The van der Waals surface area contributed by atoms with Crippen LogP contribution in [0.5, 0.6) is 0 Å². The number of ether oxygens (including phenoxy) is 3. The number of aromatic nitrogens is 1. The minimum absolute atomic E-state index is 0.000202. The number of allylic oxidation sites excluding steroid dienone is 2. The fourth-order valence-electron chi connectivity index (χ4n) is 6.31. The molecule has 3 unspecified atom stereocenters. The maximum Gasteiger partial charge on any atom is 0.330 e. The normalized spacial score (nSPS) is 18.6. The number of hydrogen-bond donors (Lipinski definition) is 4. The summed E-state index contributed by atoms with van der Waals surface area (Å²) in [6.45, 7) is 5.15. The zero-order valence-electron chi connectivity index (χ0n) is 32.4. The van der Waals surface area contributed by atoms with Gasteiger partial charge < -0.3 is 38.9 Å². The van der Waals surface area contributed by atoms with Gasteiger partial charge in [0.2, 0.25) is 0 Å². The van der Waals surface area contributed by atoms with Crippen molar-refractivity contribution < 1.29 is 32.5 Å². The molecule has 1 fully saturated rings. The molecular weight excluding hydrogens is 708 g/mol. The van der Waals surface area contributed by atoms with E-state index >= 15 is 0 Å². The number of hydrogen-bond acceptors (Lipinski definition) is 8. The predicted octanol–water partition coefficient (Wildman–Crippen LogP) is 9.84. The first-order chi connectivity index (χ1) is 26.2. The molecule has 1 aromatic heterocycles. The molecule has 0 spiro atoms. The third kappa shape index (κ3) is 18.5. The molecule has 11 nitrogen and oxygen atoms in total. The Morgan fingerprint density at radius 3 is 2.48 bits per heavy atom. The van der Waals surface area contributed by atoms with Gasteiger partial charge in [0, 0.05) is 12.3 Å². The topological polar surface area (TPSA) is 168 Å². The monoisotopic (exact) mass is 771 g/mol. The van der Waals surface area contributed by atoms with Crippen LogP contribution in [0.1, 0.15) is 145 Å². The molecule has 1 aliphatic heterocycles. The smallest absolute Gasteiger partial charge is 0.330 e. The Morgan fingerprint density at radius 1 is 1.07 bits per heavy atom. The van der Waals surface area contributed by atoms with E-state index in [1.807, 2.05) is 19.1 Å². The summed E-state index contributed by atoms with van der Waals surface area (Å²) < 4.78 is 43.6. The molecule has 0 aliphatic carbocycles. The van der Waals surface area contributed by atoms with Gasteiger partial charge in [0.1, 0.15) is 24.1 Å². The van der Waals surface area contributed by atoms with E-state index < -0.39 is 26.1 Å². The highest BCUT2D eigenvalue weighted by Crippen LogP contribution is 2.42. The fraction of sp³-hybridized carbons (Fsp3) is 0.634. The number of nitrogens with one attached hydrogen (secondary N) is 2. The van der Waals surface area contributed by atoms with Crippen LogP contribution in [0.2, 0.25) is 0 Å². The molecule has 0 saturated carbocycles. The number of rotatable bonds is 30. The van der Waals surface area contributed by atoms with Crippen LogP contribution in [0, 0.1) is 22.6 Å². The average molecular weight is 772 g/mol. The summed E-state index contributed by atoms with van der Waals surface area (Å²) in [6.07, 6.45) is 23.6. The van der Waals surface area contributed by atoms with E-state index in [0.29, 0.717) is 24.3 Å². The number of unbranched alkanes of at least 4 members (excludes halogenated alkanes) is 12. The van der Waals surface area contributed by atoms with Crippen molar-refractivity contribution >= 4 is 20.8 Å². The van der Waals surface area contributed by atoms with Gasteiger partial charge in [0.05, 0.1) is 55.5 Å². The Labute approximate surface area is 323 Å². The summed E-state index contributed by atoms with van der Waals surface area (Å²) in [5, 5.41) is 16.3. The van der Waals surface area contributed by atoms with Gasteiger partial charge in [0.15, 0.2) is 0 Å². The molecule has 13 heteroatoms. The van der Waals surface area contributed by atoms with E-state index in [-0.39, 0.29) is 43.9 Å². The van der Waals surface area contributed by atoms with Gasteiger partial charge in [-0.25, -0.2) is 9.38 Å². The molecule has 0 amide bonds.